The highest BCUT2D eigenvalue weighted by molar-refractivity contribution is 5.28. The number of hydrogen-bond donors (Lipinski definition) is 1. The van der Waals surface area contributed by atoms with E-state index in [1.807, 2.05) is 0 Å². The van der Waals surface area contributed by atoms with E-state index in [9.17, 15) is 5.26 Å². The molecule has 0 spiro atoms. The van der Waals surface area contributed by atoms with Crippen LogP contribution >= 0.6 is 0 Å². The lowest BCUT2D eigenvalue weighted by Crippen LogP contribution is -2.43. The van der Waals surface area contributed by atoms with Gasteiger partial charge in [-0.25, -0.2) is 0 Å². The molecule has 1 aliphatic rings. The maximum absolute atomic E-state index is 9.21. The molecule has 2 rings (SSSR count). The summed E-state index contributed by atoms with van der Waals surface area (Å²) >= 11 is 0. The zero-order chi connectivity index (χ0) is 13.7. The summed E-state index contributed by atoms with van der Waals surface area (Å²) in [5.74, 6) is 0. The van der Waals surface area contributed by atoms with E-state index in [1.165, 1.54) is 11.1 Å². The monoisotopic (exact) mass is 257 g/mol. The predicted octanol–water partition coefficient (Wildman–Crippen LogP) is 1.98. The zero-order valence-corrected chi connectivity index (χ0v) is 11.9. The number of nitrogens with one attached hydrogen (secondary N) is 1. The zero-order valence-electron chi connectivity index (χ0n) is 11.9. The predicted molar refractivity (Wildman–Crippen MR) is 78.0 cm³/mol. The molecule has 0 amide bonds. The summed E-state index contributed by atoms with van der Waals surface area (Å²) in [6, 6.07) is 11.4. The van der Waals surface area contributed by atoms with Crippen molar-refractivity contribution in [2.24, 2.45) is 0 Å². The summed E-state index contributed by atoms with van der Waals surface area (Å²) in [5.41, 5.74) is 2.94. The fraction of sp³-hybridized carbons (Fsp3) is 0.562. The molecule has 1 atom stereocenters. The topological polar surface area (TPSA) is 39.1 Å². The van der Waals surface area contributed by atoms with Gasteiger partial charge in [0.05, 0.1) is 6.07 Å². The fourth-order valence-corrected chi connectivity index (χ4v) is 2.69. The van der Waals surface area contributed by atoms with Crippen molar-refractivity contribution in [3.05, 3.63) is 35.4 Å². The molecule has 3 heteroatoms. The van der Waals surface area contributed by atoms with Gasteiger partial charge >= 0.3 is 0 Å². The quantitative estimate of drug-likeness (QED) is 0.896. The van der Waals surface area contributed by atoms with E-state index < -0.39 is 0 Å². The number of benzene rings is 1. The van der Waals surface area contributed by atoms with Crippen LogP contribution in [0.15, 0.2) is 24.3 Å². The minimum atomic E-state index is -0.0683. The molecule has 1 unspecified atom stereocenters. The Morgan fingerprint density at radius 1 is 1.21 bits per heavy atom. The molecule has 1 N–H and O–H groups in total. The van der Waals surface area contributed by atoms with Crippen LogP contribution in [-0.2, 0) is 12.8 Å². The molecular formula is C16H23N3. The summed E-state index contributed by atoms with van der Waals surface area (Å²) in [6.45, 7) is 7.10. The van der Waals surface area contributed by atoms with E-state index >= 15 is 0 Å². The van der Waals surface area contributed by atoms with Crippen molar-refractivity contribution < 1.29 is 0 Å². The summed E-state index contributed by atoms with van der Waals surface area (Å²) in [6.07, 6.45) is 2.19. The molecule has 1 aliphatic heterocycles. The van der Waals surface area contributed by atoms with Crippen molar-refractivity contribution in [2.45, 2.75) is 38.8 Å². The highest BCUT2D eigenvalue weighted by atomic mass is 15.1. The highest BCUT2D eigenvalue weighted by Gasteiger charge is 2.17. The summed E-state index contributed by atoms with van der Waals surface area (Å²) in [4.78, 5) is 2.41. The average Bonchev–Trinajstić information content (AvgIpc) is 2.60. The van der Waals surface area contributed by atoms with Crippen molar-refractivity contribution in [1.82, 2.24) is 10.2 Å². The van der Waals surface area contributed by atoms with Gasteiger partial charge in [-0.2, -0.15) is 5.26 Å². The molecule has 102 valence electrons. The number of nitrogens with zero attached hydrogens (tertiary/aromatic N) is 2. The van der Waals surface area contributed by atoms with Crippen molar-refractivity contribution in [3.8, 4) is 6.07 Å². The van der Waals surface area contributed by atoms with Crippen LogP contribution < -0.4 is 5.32 Å². The molecule has 0 aromatic heterocycles. The van der Waals surface area contributed by atoms with Gasteiger partial charge in [0, 0.05) is 25.7 Å². The molecule has 1 aromatic carbocycles. The smallest absolute Gasteiger partial charge is 0.108 e. The van der Waals surface area contributed by atoms with Gasteiger partial charge in [-0.1, -0.05) is 24.3 Å². The molecule has 1 aromatic rings. The van der Waals surface area contributed by atoms with E-state index in [2.05, 4.69) is 54.4 Å². The van der Waals surface area contributed by atoms with Gasteiger partial charge in [0.15, 0.2) is 0 Å². The Morgan fingerprint density at radius 2 is 1.79 bits per heavy atom. The highest BCUT2D eigenvalue weighted by Crippen LogP contribution is 2.15. The van der Waals surface area contributed by atoms with Gasteiger partial charge in [0.2, 0.25) is 0 Å². The molecule has 0 fully saturated rings. The lowest BCUT2D eigenvalue weighted by Gasteiger charge is -2.24. The molecule has 1 heterocycles. The second kappa shape index (κ2) is 6.70. The fourth-order valence-electron chi connectivity index (χ4n) is 2.69. The standard InChI is InChI=1S/C16H23N3/c1-13(2)18-16(11-17)12-19-9-7-14-5-3-4-6-15(14)8-10-19/h3-6,13,16,18H,7-10,12H2,1-2H3. The lowest BCUT2D eigenvalue weighted by atomic mass is 10.0. The maximum atomic E-state index is 9.21. The minimum absolute atomic E-state index is 0.0683. The Morgan fingerprint density at radius 3 is 2.26 bits per heavy atom. The molecule has 3 nitrogen and oxygen atoms in total. The first kappa shape index (κ1) is 14.0. The summed E-state index contributed by atoms with van der Waals surface area (Å²) < 4.78 is 0. The maximum Gasteiger partial charge on any atom is 0.108 e. The Balaban J connectivity index is 1.93. The first-order valence-corrected chi connectivity index (χ1v) is 7.14. The molecule has 0 radical (unpaired) electrons. The number of fused-ring (bicyclic) bond motifs is 1. The van der Waals surface area contributed by atoms with Gasteiger partial charge in [-0.05, 0) is 37.8 Å². The van der Waals surface area contributed by atoms with Crippen LogP contribution in [0, 0.1) is 11.3 Å². The summed E-state index contributed by atoms with van der Waals surface area (Å²) in [5, 5.41) is 12.5. The first-order chi connectivity index (χ1) is 9.19. The average molecular weight is 257 g/mol. The van der Waals surface area contributed by atoms with Gasteiger partial charge in [-0.3, -0.25) is 5.32 Å². The van der Waals surface area contributed by atoms with Crippen molar-refractivity contribution in [2.75, 3.05) is 19.6 Å². The van der Waals surface area contributed by atoms with E-state index in [4.69, 9.17) is 0 Å². The second-order valence-corrected chi connectivity index (χ2v) is 5.57. The number of rotatable bonds is 4. The summed E-state index contributed by atoms with van der Waals surface area (Å²) in [7, 11) is 0. The molecular weight excluding hydrogens is 234 g/mol. The molecule has 0 saturated heterocycles. The van der Waals surface area contributed by atoms with E-state index in [1.54, 1.807) is 0 Å². The molecule has 0 saturated carbocycles. The third kappa shape index (κ3) is 4.05. The third-order valence-electron chi connectivity index (χ3n) is 3.64. The number of nitriles is 1. The van der Waals surface area contributed by atoms with Crippen molar-refractivity contribution in [1.29, 1.82) is 5.26 Å². The van der Waals surface area contributed by atoms with Gasteiger partial charge in [-0.15, -0.1) is 0 Å². The van der Waals surface area contributed by atoms with Crippen LogP contribution in [0.4, 0.5) is 0 Å². The van der Waals surface area contributed by atoms with E-state index in [0.717, 1.165) is 32.5 Å². The molecule has 19 heavy (non-hydrogen) atoms. The van der Waals surface area contributed by atoms with Gasteiger partial charge in [0.1, 0.15) is 6.04 Å². The van der Waals surface area contributed by atoms with Crippen LogP contribution in [0.1, 0.15) is 25.0 Å². The normalized spacial score (nSPS) is 17.6. The SMILES string of the molecule is CC(C)NC(C#N)CN1CCc2ccccc2CC1. The third-order valence-corrected chi connectivity index (χ3v) is 3.64. The van der Waals surface area contributed by atoms with Crippen molar-refractivity contribution >= 4 is 0 Å². The Kier molecular flexibility index (Phi) is 4.95. The largest absolute Gasteiger partial charge is 0.300 e. The second-order valence-electron chi connectivity index (χ2n) is 5.57. The van der Waals surface area contributed by atoms with E-state index in [0.29, 0.717) is 6.04 Å². The van der Waals surface area contributed by atoms with E-state index in [-0.39, 0.29) is 6.04 Å². The van der Waals surface area contributed by atoms with Crippen LogP contribution in [0.3, 0.4) is 0 Å². The van der Waals surface area contributed by atoms with Crippen LogP contribution in [-0.4, -0.2) is 36.6 Å². The van der Waals surface area contributed by atoms with Gasteiger partial charge in [0.25, 0.3) is 0 Å². The van der Waals surface area contributed by atoms with Crippen molar-refractivity contribution in [3.63, 3.8) is 0 Å². The minimum Gasteiger partial charge on any atom is -0.300 e. The Labute approximate surface area is 116 Å². The van der Waals surface area contributed by atoms with Gasteiger partial charge < -0.3 is 4.90 Å². The Bertz CT molecular complexity index is 421. The molecule has 0 bridgehead atoms. The lowest BCUT2D eigenvalue weighted by molar-refractivity contribution is 0.265. The Hall–Kier alpha value is -1.37. The number of hydrogen-bond acceptors (Lipinski definition) is 3. The van der Waals surface area contributed by atoms with Crippen LogP contribution in [0.2, 0.25) is 0 Å². The first-order valence-electron chi connectivity index (χ1n) is 7.14. The molecule has 0 aliphatic carbocycles. The van der Waals surface area contributed by atoms with Crippen LogP contribution in [0.25, 0.3) is 0 Å². The van der Waals surface area contributed by atoms with Crippen LogP contribution in [0.5, 0.6) is 0 Å².